The van der Waals surface area contributed by atoms with E-state index in [2.05, 4.69) is 20.4 Å². The lowest BCUT2D eigenvalue weighted by Gasteiger charge is -2.43. The minimum atomic E-state index is -4.58. The predicted octanol–water partition coefficient (Wildman–Crippen LogP) is 4.80. The van der Waals surface area contributed by atoms with Crippen LogP contribution in [0.4, 0.5) is 27.9 Å². The van der Waals surface area contributed by atoms with Crippen molar-refractivity contribution in [2.24, 2.45) is 13.0 Å². The summed E-state index contributed by atoms with van der Waals surface area (Å²) in [7, 11) is 1.65. The number of nitrogens with zero attached hydrogens (tertiary/aromatic N) is 5. The highest BCUT2D eigenvalue weighted by Gasteiger charge is 2.47. The van der Waals surface area contributed by atoms with Crippen LogP contribution in [0.5, 0.6) is 0 Å². The molecular formula is C24H25F5N6O. The third-order valence-corrected chi connectivity index (χ3v) is 6.26. The van der Waals surface area contributed by atoms with Crippen LogP contribution in [0, 0.1) is 12.8 Å². The molecule has 1 amide bonds. The Kier molecular flexibility index (Phi) is 6.72. The van der Waals surface area contributed by atoms with Crippen molar-refractivity contribution in [1.29, 1.82) is 0 Å². The summed E-state index contributed by atoms with van der Waals surface area (Å²) in [5.74, 6) is -4.47. The third kappa shape index (κ3) is 5.31. The summed E-state index contributed by atoms with van der Waals surface area (Å²) >= 11 is 0. The molecule has 3 heterocycles. The molecule has 2 unspecified atom stereocenters. The zero-order valence-corrected chi connectivity index (χ0v) is 19.9. The van der Waals surface area contributed by atoms with E-state index < -0.39 is 48.5 Å². The van der Waals surface area contributed by atoms with E-state index in [1.54, 1.807) is 20.2 Å². The van der Waals surface area contributed by atoms with Gasteiger partial charge in [-0.1, -0.05) is 31.2 Å². The molecule has 2 aromatic heterocycles. The first-order valence-corrected chi connectivity index (χ1v) is 11.3. The molecule has 36 heavy (non-hydrogen) atoms. The van der Waals surface area contributed by atoms with Gasteiger partial charge in [0.05, 0.1) is 18.2 Å². The summed E-state index contributed by atoms with van der Waals surface area (Å²) in [6.45, 7) is 2.65. The first kappa shape index (κ1) is 25.5. The Balaban J connectivity index is 1.62. The third-order valence-electron chi connectivity index (χ3n) is 6.26. The number of anilines is 1. The van der Waals surface area contributed by atoms with Gasteiger partial charge in [0.15, 0.2) is 5.69 Å². The molecule has 1 saturated heterocycles. The lowest BCUT2D eigenvalue weighted by atomic mass is 9.88. The number of aryl methyl sites for hydroxylation is 2. The summed E-state index contributed by atoms with van der Waals surface area (Å²) in [6, 6.07) is 6.68. The molecule has 7 nitrogen and oxygen atoms in total. The molecule has 1 N–H and O–H groups in total. The van der Waals surface area contributed by atoms with Crippen LogP contribution in [0.2, 0.25) is 0 Å². The van der Waals surface area contributed by atoms with E-state index in [1.807, 2.05) is 31.2 Å². The fourth-order valence-corrected chi connectivity index (χ4v) is 4.50. The predicted molar refractivity (Wildman–Crippen MR) is 122 cm³/mol. The molecule has 0 bridgehead atoms. The van der Waals surface area contributed by atoms with E-state index in [1.165, 1.54) is 4.68 Å². The van der Waals surface area contributed by atoms with Crippen molar-refractivity contribution >= 4 is 11.9 Å². The van der Waals surface area contributed by atoms with Crippen LogP contribution in [-0.4, -0.2) is 55.6 Å². The summed E-state index contributed by atoms with van der Waals surface area (Å²) in [5, 5.41) is 7.08. The summed E-state index contributed by atoms with van der Waals surface area (Å²) in [6.07, 6.45) is -2.07. The van der Waals surface area contributed by atoms with Crippen molar-refractivity contribution < 1.29 is 26.7 Å². The molecule has 3 aromatic rings. The summed E-state index contributed by atoms with van der Waals surface area (Å²) in [4.78, 5) is 22.1. The molecule has 0 saturated carbocycles. The van der Waals surface area contributed by atoms with Crippen LogP contribution >= 0.6 is 0 Å². The van der Waals surface area contributed by atoms with Crippen molar-refractivity contribution in [3.63, 3.8) is 0 Å². The SMILES string of the molecule is Cc1ccccc1-c1cn(C)nc1C(=O)N1CC(F)(F)CC(C)C1CNc1ncc(C(F)(F)F)cn1. The molecule has 4 rings (SSSR count). The Hall–Kier alpha value is -3.57. The standard InChI is InChI=1S/C24H25F5N6O/c1-14-6-4-5-7-17(14)18-12-34(3)33-20(18)21(36)35-13-23(25,26)8-15(2)19(35)11-32-22-30-9-16(10-31-22)24(27,28)29/h4-7,9-10,12,15,19H,8,11,13H2,1-3H3,(H,30,31,32). The van der Waals surface area contributed by atoms with Gasteiger partial charge in [0.2, 0.25) is 5.95 Å². The van der Waals surface area contributed by atoms with Crippen LogP contribution in [0.15, 0.2) is 42.9 Å². The Bertz CT molecular complexity index is 1240. The first-order chi connectivity index (χ1) is 16.9. The lowest BCUT2D eigenvalue weighted by Crippen LogP contribution is -2.57. The van der Waals surface area contributed by atoms with Gasteiger partial charge in [0.1, 0.15) is 0 Å². The number of halogens is 5. The maximum atomic E-state index is 14.6. The van der Waals surface area contributed by atoms with Gasteiger partial charge in [-0.05, 0) is 24.0 Å². The van der Waals surface area contributed by atoms with Crippen LogP contribution < -0.4 is 5.32 Å². The van der Waals surface area contributed by atoms with E-state index in [-0.39, 0.29) is 18.2 Å². The van der Waals surface area contributed by atoms with Gasteiger partial charge in [0.25, 0.3) is 11.8 Å². The number of piperidine rings is 1. The second-order valence-electron chi connectivity index (χ2n) is 9.09. The Morgan fingerprint density at radius 3 is 2.47 bits per heavy atom. The van der Waals surface area contributed by atoms with Crippen LogP contribution in [0.1, 0.15) is 35.0 Å². The number of amides is 1. The molecule has 1 fully saturated rings. The molecule has 1 aliphatic rings. The zero-order valence-electron chi connectivity index (χ0n) is 19.9. The van der Waals surface area contributed by atoms with Crippen LogP contribution in [-0.2, 0) is 13.2 Å². The second kappa shape index (κ2) is 9.47. The van der Waals surface area contributed by atoms with Crippen molar-refractivity contribution in [3.05, 3.63) is 59.7 Å². The number of hydrogen-bond donors (Lipinski definition) is 1. The number of carbonyl (C=O) groups is 1. The normalized spacial score (nSPS) is 19.8. The lowest BCUT2D eigenvalue weighted by molar-refractivity contribution is -0.138. The quantitative estimate of drug-likeness (QED) is 0.501. The van der Waals surface area contributed by atoms with E-state index in [0.717, 1.165) is 16.0 Å². The van der Waals surface area contributed by atoms with Crippen molar-refractivity contribution in [2.75, 3.05) is 18.4 Å². The Morgan fingerprint density at radius 1 is 1.17 bits per heavy atom. The molecule has 192 valence electrons. The molecule has 0 radical (unpaired) electrons. The number of nitrogens with one attached hydrogen (secondary N) is 1. The Morgan fingerprint density at radius 2 is 1.83 bits per heavy atom. The average molecular weight is 508 g/mol. The fraction of sp³-hybridized carbons (Fsp3) is 0.417. The van der Waals surface area contributed by atoms with Gasteiger partial charge >= 0.3 is 6.18 Å². The van der Waals surface area contributed by atoms with Gasteiger partial charge < -0.3 is 10.2 Å². The number of rotatable bonds is 5. The smallest absolute Gasteiger partial charge is 0.352 e. The van der Waals surface area contributed by atoms with Crippen molar-refractivity contribution in [3.8, 4) is 11.1 Å². The molecule has 0 aliphatic carbocycles. The van der Waals surface area contributed by atoms with E-state index >= 15 is 0 Å². The highest BCUT2D eigenvalue weighted by atomic mass is 19.4. The first-order valence-electron chi connectivity index (χ1n) is 11.3. The number of hydrogen-bond acceptors (Lipinski definition) is 5. The molecule has 0 spiro atoms. The van der Waals surface area contributed by atoms with Gasteiger partial charge in [0, 0.05) is 44.2 Å². The number of likely N-dealkylation sites (tertiary alicyclic amines) is 1. The second-order valence-corrected chi connectivity index (χ2v) is 9.09. The molecule has 1 aromatic carbocycles. The minimum absolute atomic E-state index is 0.0269. The minimum Gasteiger partial charge on any atom is -0.352 e. The van der Waals surface area contributed by atoms with Crippen LogP contribution in [0.3, 0.4) is 0 Å². The highest BCUT2D eigenvalue weighted by Crippen LogP contribution is 2.36. The molecule has 12 heteroatoms. The Labute approximate surface area is 204 Å². The highest BCUT2D eigenvalue weighted by molar-refractivity contribution is 5.99. The zero-order chi connectivity index (χ0) is 26.3. The van der Waals surface area contributed by atoms with Gasteiger partial charge in [-0.3, -0.25) is 9.48 Å². The van der Waals surface area contributed by atoms with E-state index in [9.17, 15) is 26.7 Å². The number of benzene rings is 1. The van der Waals surface area contributed by atoms with E-state index in [4.69, 9.17) is 0 Å². The number of aromatic nitrogens is 4. The summed E-state index contributed by atoms with van der Waals surface area (Å²) in [5.41, 5.74) is 1.23. The van der Waals surface area contributed by atoms with Gasteiger partial charge in [-0.15, -0.1) is 0 Å². The molecule has 2 atom stereocenters. The summed E-state index contributed by atoms with van der Waals surface area (Å²) < 4.78 is 69.0. The number of alkyl halides is 5. The largest absolute Gasteiger partial charge is 0.419 e. The van der Waals surface area contributed by atoms with E-state index in [0.29, 0.717) is 18.0 Å². The monoisotopic (exact) mass is 508 g/mol. The van der Waals surface area contributed by atoms with Crippen molar-refractivity contribution in [2.45, 2.75) is 38.4 Å². The topological polar surface area (TPSA) is 75.9 Å². The van der Waals surface area contributed by atoms with Gasteiger partial charge in [-0.25, -0.2) is 18.7 Å². The van der Waals surface area contributed by atoms with Gasteiger partial charge in [-0.2, -0.15) is 18.3 Å². The molecular weight excluding hydrogens is 483 g/mol. The number of carbonyl (C=O) groups excluding carboxylic acids is 1. The van der Waals surface area contributed by atoms with Crippen molar-refractivity contribution in [1.82, 2.24) is 24.6 Å². The maximum absolute atomic E-state index is 14.6. The fourth-order valence-electron chi connectivity index (χ4n) is 4.50. The van der Waals surface area contributed by atoms with Crippen LogP contribution in [0.25, 0.3) is 11.1 Å². The maximum Gasteiger partial charge on any atom is 0.419 e. The average Bonchev–Trinajstić information content (AvgIpc) is 3.18. The molecule has 1 aliphatic heterocycles.